The van der Waals surface area contributed by atoms with Gasteiger partial charge < -0.3 is 44.8 Å². The van der Waals surface area contributed by atoms with E-state index in [4.69, 9.17) is 24.2 Å². The van der Waals surface area contributed by atoms with E-state index in [0.29, 0.717) is 42.8 Å². The van der Waals surface area contributed by atoms with Gasteiger partial charge in [0.2, 0.25) is 0 Å². The van der Waals surface area contributed by atoms with Crippen molar-refractivity contribution in [3.05, 3.63) is 108 Å². The Morgan fingerprint density at radius 1 is 0.800 bits per heavy atom. The number of hydrogen-bond donors (Lipinski definition) is 5. The van der Waals surface area contributed by atoms with E-state index >= 15 is 0 Å². The average Bonchev–Trinajstić information content (AvgIpc) is 4.13. The number of thioether (sulfide) groups is 1. The number of aliphatic hydroxyl groups is 1. The van der Waals surface area contributed by atoms with Crippen molar-refractivity contribution in [1.29, 1.82) is 0 Å². The lowest BCUT2D eigenvalue weighted by atomic mass is 10.0. The van der Waals surface area contributed by atoms with Gasteiger partial charge in [-0.15, -0.1) is 0 Å². The van der Waals surface area contributed by atoms with Crippen LogP contribution in [0.25, 0.3) is 33.6 Å². The van der Waals surface area contributed by atoms with Crippen molar-refractivity contribution in [2.45, 2.75) is 88.7 Å². The summed E-state index contributed by atoms with van der Waals surface area (Å²) in [4.78, 5) is 60.0. The van der Waals surface area contributed by atoms with Crippen LogP contribution in [0.2, 0.25) is 0 Å². The number of likely N-dealkylation sites (tertiary alicyclic amines) is 2. The Morgan fingerprint density at radius 3 is 1.89 bits per heavy atom. The Balaban J connectivity index is 1.04. The van der Waals surface area contributed by atoms with Crippen molar-refractivity contribution in [1.82, 2.24) is 40.4 Å². The van der Waals surface area contributed by atoms with Crippen LogP contribution < -0.4 is 10.6 Å². The maximum atomic E-state index is 14.5. The van der Waals surface area contributed by atoms with E-state index in [1.807, 2.05) is 55.3 Å². The zero-order chi connectivity index (χ0) is 46.4. The Hall–Kier alpha value is -5.68. The summed E-state index contributed by atoms with van der Waals surface area (Å²) < 4.78 is 15.9. The normalized spacial score (nSPS) is 20.4. The topological polar surface area (TPSA) is 187 Å². The summed E-state index contributed by atoms with van der Waals surface area (Å²) in [7, 11) is 2.98. The van der Waals surface area contributed by atoms with E-state index in [0.717, 1.165) is 45.9 Å². The fourth-order valence-electron chi connectivity index (χ4n) is 8.84. The summed E-state index contributed by atoms with van der Waals surface area (Å²) in [5.74, 6) is 1.22. The van der Waals surface area contributed by atoms with Gasteiger partial charge in [-0.05, 0) is 73.6 Å². The molecule has 65 heavy (non-hydrogen) atoms. The molecule has 0 spiro atoms. The van der Waals surface area contributed by atoms with Gasteiger partial charge in [-0.1, -0.05) is 92.7 Å². The number of amides is 3. The van der Waals surface area contributed by atoms with Crippen molar-refractivity contribution in [2.75, 3.05) is 40.2 Å². The summed E-state index contributed by atoms with van der Waals surface area (Å²) in [5, 5.41) is 17.5. The van der Waals surface area contributed by atoms with Crippen molar-refractivity contribution in [3.8, 4) is 33.6 Å². The first-order chi connectivity index (χ1) is 31.2. The molecule has 1 unspecified atom stereocenters. The molecule has 0 bridgehead atoms. The predicted molar refractivity (Wildman–Crippen MR) is 252 cm³/mol. The molecular weight excluding hydrogens is 845 g/mol. The predicted octanol–water partition coefficient (Wildman–Crippen LogP) is 8.11. The molecule has 5 N–H and O–H groups in total. The third-order valence-electron chi connectivity index (χ3n) is 12.1. The summed E-state index contributed by atoms with van der Waals surface area (Å²) in [5.41, 5.74) is 5.64. The number of aromatic nitrogens is 4. The molecule has 2 aliphatic rings. The molecule has 2 aromatic heterocycles. The molecule has 5 aromatic rings. The first-order valence-corrected chi connectivity index (χ1v) is 23.4. The molecule has 7 rings (SSSR count). The van der Waals surface area contributed by atoms with Crippen LogP contribution in [0, 0.1) is 11.8 Å². The molecule has 2 saturated heterocycles. The molecule has 4 heterocycles. The number of nitrogens with one attached hydrogen (secondary N) is 4. The second kappa shape index (κ2) is 20.7. The smallest absolute Gasteiger partial charge is 0.408 e. The molecule has 15 nitrogen and oxygen atoms in total. The molecule has 2 fully saturated rings. The summed E-state index contributed by atoms with van der Waals surface area (Å²) >= 11 is 1.76. The number of hydrogen-bond acceptors (Lipinski definition) is 11. The number of carbonyl (C=O) groups is 3. The largest absolute Gasteiger partial charge is 0.453 e. The molecule has 0 radical (unpaired) electrons. The van der Waals surface area contributed by atoms with Crippen LogP contribution >= 0.6 is 11.8 Å². The highest BCUT2D eigenvalue weighted by atomic mass is 32.2. The molecule has 2 aliphatic heterocycles. The van der Waals surface area contributed by atoms with Crippen LogP contribution in [0.15, 0.2) is 91.3 Å². The first-order valence-electron chi connectivity index (χ1n) is 22.1. The van der Waals surface area contributed by atoms with Gasteiger partial charge in [0.05, 0.1) is 55.6 Å². The lowest BCUT2D eigenvalue weighted by Gasteiger charge is -2.35. The number of ether oxygens (including phenoxy) is 3. The van der Waals surface area contributed by atoms with E-state index in [1.165, 1.54) is 7.11 Å². The molecule has 7 atom stereocenters. The van der Waals surface area contributed by atoms with Gasteiger partial charge in [-0.25, -0.2) is 19.6 Å². The highest BCUT2D eigenvalue weighted by Crippen LogP contribution is 2.40. The molecule has 16 heteroatoms. The van der Waals surface area contributed by atoms with Gasteiger partial charge >= 0.3 is 12.2 Å². The highest BCUT2D eigenvalue weighted by Gasteiger charge is 2.43. The zero-order valence-corrected chi connectivity index (χ0v) is 39.2. The lowest BCUT2D eigenvalue weighted by Crippen LogP contribution is -2.54. The molecule has 0 saturated carbocycles. The van der Waals surface area contributed by atoms with Gasteiger partial charge in [0.1, 0.15) is 29.5 Å². The minimum atomic E-state index is -0.958. The van der Waals surface area contributed by atoms with Crippen molar-refractivity contribution in [3.63, 3.8) is 0 Å². The van der Waals surface area contributed by atoms with E-state index < -0.39 is 36.1 Å². The minimum absolute atomic E-state index is 0.0304. The Kier molecular flexibility index (Phi) is 15.0. The van der Waals surface area contributed by atoms with Gasteiger partial charge in [0.15, 0.2) is 0 Å². The maximum absolute atomic E-state index is 14.5. The van der Waals surface area contributed by atoms with Gasteiger partial charge in [-0.3, -0.25) is 9.69 Å². The number of benzene rings is 3. The molecule has 3 aromatic carbocycles. The quantitative estimate of drug-likeness (QED) is 0.0683. The van der Waals surface area contributed by atoms with Crippen LogP contribution in [0.3, 0.4) is 0 Å². The number of nitrogens with zero attached hydrogens (tertiary/aromatic N) is 4. The number of alkyl carbamates (subject to hydrolysis) is 2. The highest BCUT2D eigenvalue weighted by molar-refractivity contribution is 7.99. The van der Waals surface area contributed by atoms with Crippen molar-refractivity contribution >= 4 is 29.9 Å². The van der Waals surface area contributed by atoms with Crippen molar-refractivity contribution in [2.24, 2.45) is 11.8 Å². The minimum Gasteiger partial charge on any atom is -0.453 e. The van der Waals surface area contributed by atoms with Gasteiger partial charge in [-0.2, -0.15) is 11.8 Å². The first kappa shape index (κ1) is 47.3. The average molecular weight is 907 g/mol. The summed E-state index contributed by atoms with van der Waals surface area (Å²) in [6.45, 7) is 10.9. The fourth-order valence-corrected chi connectivity index (χ4v) is 9.53. The van der Waals surface area contributed by atoms with Crippen LogP contribution in [0.5, 0.6) is 0 Å². The number of carbonyl (C=O) groups excluding carboxylic acids is 3. The molecule has 0 aliphatic carbocycles. The Labute approximate surface area is 385 Å². The Bertz CT molecular complexity index is 2370. The maximum Gasteiger partial charge on any atom is 0.408 e. The fraction of sp³-hybridized carbons (Fsp3) is 0.449. The standard InChI is InChI=1S/C49H62N8O7S/c1-29(2)41(54-47(60)63-7)45(58)57-27-36(65-8)23-40(57)44-51-25-38(53-44)34-20-16-32(17-21-34)31-14-18-33(19-15-31)37-24-50-43(52-37)39-22-30(28-62-6)26-56(39)46(59)42(35-12-10-9-11-13-35)55-48(61)64-49(3,4)5/h9-21,24-25,29-30,36,39-42,45,58H,22-23,26-28H2,1-8H3,(H,50,52)(H,51,53)(H,54,60)(H,55,61)/t30-,36-,39-,40-,41-,42+,45?/m0/s1. The van der Waals surface area contributed by atoms with Crippen LogP contribution in [0.1, 0.15) is 82.8 Å². The SMILES string of the molecule is COC[C@H]1C[C@@H](c2ncc(-c3ccc(-c4ccc(-c5cnc([C@@H]6C[C@H](SC)CN6C(O)[C@@H](NC(=O)OC)C(C)C)[nH]5)cc4)cc3)[nH]2)N(C(=O)[C@H](NC(=O)OC(C)(C)C)c2ccccc2)C1. The van der Waals surface area contributed by atoms with E-state index in [9.17, 15) is 19.5 Å². The monoisotopic (exact) mass is 906 g/mol. The van der Waals surface area contributed by atoms with Crippen LogP contribution in [0.4, 0.5) is 9.59 Å². The number of rotatable bonds is 15. The van der Waals surface area contributed by atoms with Crippen molar-refractivity contribution < 1.29 is 33.7 Å². The second-order valence-corrected chi connectivity index (χ2v) is 19.3. The van der Waals surface area contributed by atoms with E-state index in [1.54, 1.807) is 50.7 Å². The summed E-state index contributed by atoms with van der Waals surface area (Å²) in [6, 6.07) is 23.8. The van der Waals surface area contributed by atoms with Crippen LogP contribution in [-0.4, -0.2) is 116 Å². The van der Waals surface area contributed by atoms with Gasteiger partial charge in [0, 0.05) is 31.4 Å². The summed E-state index contributed by atoms with van der Waals surface area (Å²) in [6.07, 6.45) is 4.99. The molecular formula is C49H62N8O7S. The molecule has 346 valence electrons. The number of imidazole rings is 2. The third-order valence-corrected chi connectivity index (χ3v) is 13.2. The van der Waals surface area contributed by atoms with Gasteiger partial charge in [0.25, 0.3) is 5.91 Å². The number of aliphatic hydroxyl groups excluding tert-OH is 1. The Morgan fingerprint density at radius 2 is 1.37 bits per heavy atom. The van der Waals surface area contributed by atoms with E-state index in [-0.39, 0.29) is 29.8 Å². The zero-order valence-electron chi connectivity index (χ0n) is 38.4. The number of H-pyrrole nitrogens is 2. The second-order valence-electron chi connectivity index (χ2n) is 18.2. The lowest BCUT2D eigenvalue weighted by molar-refractivity contribution is -0.135. The molecule has 3 amide bonds. The number of aromatic amines is 2. The van der Waals surface area contributed by atoms with E-state index in [2.05, 4.69) is 75.4 Å². The van der Waals surface area contributed by atoms with Crippen LogP contribution in [-0.2, 0) is 19.0 Å². The third kappa shape index (κ3) is 11.2. The number of methoxy groups -OCH3 is 2.